The fraction of sp³-hybridized carbons (Fsp3) is 0.222. The maximum absolute atomic E-state index is 12.6. The van der Waals surface area contributed by atoms with Crippen LogP contribution < -0.4 is 5.76 Å². The minimum absolute atomic E-state index is 0.0140. The van der Waals surface area contributed by atoms with Gasteiger partial charge >= 0.3 is 5.76 Å². The molecule has 1 aliphatic rings. The summed E-state index contributed by atoms with van der Waals surface area (Å²) in [7, 11) is 0. The third-order valence-electron chi connectivity index (χ3n) is 4.46. The van der Waals surface area contributed by atoms with Crippen molar-refractivity contribution >= 4 is 28.6 Å². The van der Waals surface area contributed by atoms with Crippen LogP contribution in [0.3, 0.4) is 0 Å². The number of para-hydroxylation sites is 2. The minimum Gasteiger partial charge on any atom is -0.408 e. The molecule has 2 heterocycles. The third kappa shape index (κ3) is 2.51. The number of likely N-dealkylation sites (tertiary alicyclic amines) is 1. The Morgan fingerprint density at radius 1 is 1.17 bits per heavy atom. The van der Waals surface area contributed by atoms with E-state index in [0.717, 1.165) is 12.0 Å². The van der Waals surface area contributed by atoms with E-state index >= 15 is 0 Å². The van der Waals surface area contributed by atoms with Gasteiger partial charge in [0.1, 0.15) is 6.54 Å². The van der Waals surface area contributed by atoms with E-state index in [0.29, 0.717) is 22.7 Å². The largest absolute Gasteiger partial charge is 0.420 e. The molecule has 0 unspecified atom stereocenters. The molecule has 5 nitrogen and oxygen atoms in total. The highest BCUT2D eigenvalue weighted by molar-refractivity contribution is 6.30. The lowest BCUT2D eigenvalue weighted by Crippen LogP contribution is -2.47. The van der Waals surface area contributed by atoms with Crippen LogP contribution in [0.1, 0.15) is 18.0 Å². The normalized spacial score (nSPS) is 17.0. The number of rotatable bonds is 3. The van der Waals surface area contributed by atoms with E-state index in [1.807, 2.05) is 30.3 Å². The molecular weight excluding hydrogens is 328 g/mol. The standard InChI is InChI=1S/C18H15ClN2O3/c19-13-7-5-12(6-8-13)14-9-10-20(14)17(22)11-21-15-3-1-2-4-16(15)24-18(21)23/h1-8,14H,9-11H2/t14-/m1/s1. The van der Waals surface area contributed by atoms with E-state index in [1.54, 1.807) is 23.1 Å². The summed E-state index contributed by atoms with van der Waals surface area (Å²) in [5, 5.41) is 0.673. The van der Waals surface area contributed by atoms with Crippen molar-refractivity contribution < 1.29 is 9.21 Å². The van der Waals surface area contributed by atoms with Crippen molar-refractivity contribution in [2.24, 2.45) is 0 Å². The minimum atomic E-state index is -0.506. The van der Waals surface area contributed by atoms with Crippen molar-refractivity contribution in [3.8, 4) is 0 Å². The molecule has 122 valence electrons. The fourth-order valence-corrected chi connectivity index (χ4v) is 3.23. The van der Waals surface area contributed by atoms with Gasteiger partial charge in [-0.05, 0) is 36.2 Å². The molecule has 24 heavy (non-hydrogen) atoms. The number of hydrogen-bond donors (Lipinski definition) is 0. The first kappa shape index (κ1) is 15.0. The Labute approximate surface area is 143 Å². The number of aromatic nitrogens is 1. The number of halogens is 1. The van der Waals surface area contributed by atoms with Gasteiger partial charge < -0.3 is 9.32 Å². The van der Waals surface area contributed by atoms with Crippen molar-refractivity contribution in [3.05, 3.63) is 69.7 Å². The number of hydrogen-bond acceptors (Lipinski definition) is 3. The molecule has 1 fully saturated rings. The molecule has 0 spiro atoms. The van der Waals surface area contributed by atoms with Crippen LogP contribution in [0.15, 0.2) is 57.7 Å². The maximum atomic E-state index is 12.6. The molecule has 3 aromatic rings. The summed E-state index contributed by atoms with van der Waals surface area (Å²) in [6.45, 7) is 0.677. The molecule has 1 atom stereocenters. The molecule has 0 N–H and O–H groups in total. The van der Waals surface area contributed by atoms with E-state index < -0.39 is 5.76 Å². The van der Waals surface area contributed by atoms with Crippen LogP contribution in [-0.2, 0) is 11.3 Å². The lowest BCUT2D eigenvalue weighted by Gasteiger charge is -2.41. The number of oxazole rings is 1. The zero-order chi connectivity index (χ0) is 16.7. The summed E-state index contributed by atoms with van der Waals surface area (Å²) in [6.07, 6.45) is 0.911. The van der Waals surface area contributed by atoms with Gasteiger partial charge in [-0.1, -0.05) is 35.9 Å². The predicted molar refractivity (Wildman–Crippen MR) is 91.0 cm³/mol. The van der Waals surface area contributed by atoms with Gasteiger partial charge in [0.05, 0.1) is 11.6 Å². The van der Waals surface area contributed by atoms with Gasteiger partial charge in [-0.2, -0.15) is 0 Å². The second-order valence-electron chi connectivity index (χ2n) is 5.86. The Bertz CT molecular complexity index is 958. The first-order valence-electron chi connectivity index (χ1n) is 7.77. The highest BCUT2D eigenvalue weighted by Gasteiger charge is 2.33. The van der Waals surface area contributed by atoms with Crippen LogP contribution in [0.4, 0.5) is 0 Å². The Morgan fingerprint density at radius 3 is 2.62 bits per heavy atom. The van der Waals surface area contributed by atoms with Crippen molar-refractivity contribution in [1.29, 1.82) is 0 Å². The number of nitrogens with zero attached hydrogens (tertiary/aromatic N) is 2. The van der Waals surface area contributed by atoms with Gasteiger partial charge in [-0.15, -0.1) is 0 Å². The van der Waals surface area contributed by atoms with Crippen molar-refractivity contribution in [1.82, 2.24) is 9.47 Å². The first-order chi connectivity index (χ1) is 11.6. The second-order valence-corrected chi connectivity index (χ2v) is 6.30. The summed E-state index contributed by atoms with van der Waals surface area (Å²) < 4.78 is 6.56. The van der Waals surface area contributed by atoms with Crippen LogP contribution in [0, 0.1) is 0 Å². The molecule has 1 amide bonds. The number of amides is 1. The molecule has 6 heteroatoms. The van der Waals surface area contributed by atoms with Crippen LogP contribution in [-0.4, -0.2) is 21.9 Å². The zero-order valence-corrected chi connectivity index (χ0v) is 13.6. The Morgan fingerprint density at radius 2 is 1.92 bits per heavy atom. The van der Waals surface area contributed by atoms with Gasteiger partial charge in [0.25, 0.3) is 0 Å². The van der Waals surface area contributed by atoms with E-state index in [-0.39, 0.29) is 18.5 Å². The Kier molecular flexibility index (Phi) is 3.65. The SMILES string of the molecule is O=C(Cn1c(=O)oc2ccccc21)N1CC[C@@H]1c1ccc(Cl)cc1. The van der Waals surface area contributed by atoms with Crippen molar-refractivity contribution in [2.75, 3.05) is 6.54 Å². The molecule has 1 aromatic heterocycles. The van der Waals surface area contributed by atoms with E-state index in [4.69, 9.17) is 16.0 Å². The summed E-state index contributed by atoms with van der Waals surface area (Å²) >= 11 is 5.92. The summed E-state index contributed by atoms with van der Waals surface area (Å²) in [4.78, 5) is 26.4. The maximum Gasteiger partial charge on any atom is 0.420 e. The molecule has 0 aliphatic carbocycles. The second kappa shape index (κ2) is 5.83. The third-order valence-corrected chi connectivity index (χ3v) is 4.71. The fourth-order valence-electron chi connectivity index (χ4n) is 3.11. The average molecular weight is 343 g/mol. The van der Waals surface area contributed by atoms with Gasteiger partial charge in [-0.25, -0.2) is 4.79 Å². The molecule has 0 radical (unpaired) electrons. The topological polar surface area (TPSA) is 55.5 Å². The number of carbonyl (C=O) groups is 1. The van der Waals surface area contributed by atoms with Gasteiger partial charge in [0.15, 0.2) is 5.58 Å². The van der Waals surface area contributed by atoms with Gasteiger partial charge in [0, 0.05) is 11.6 Å². The van der Waals surface area contributed by atoms with Crippen LogP contribution in [0.2, 0.25) is 5.02 Å². The van der Waals surface area contributed by atoms with E-state index in [1.165, 1.54) is 4.57 Å². The van der Waals surface area contributed by atoms with Crippen molar-refractivity contribution in [2.45, 2.75) is 19.0 Å². The monoisotopic (exact) mass is 342 g/mol. The zero-order valence-electron chi connectivity index (χ0n) is 12.8. The lowest BCUT2D eigenvalue weighted by molar-refractivity contribution is -0.139. The molecule has 0 bridgehead atoms. The molecule has 1 aliphatic heterocycles. The molecular formula is C18H15ClN2O3. The number of fused-ring (bicyclic) bond motifs is 1. The van der Waals surface area contributed by atoms with Gasteiger partial charge in [-0.3, -0.25) is 9.36 Å². The molecule has 1 saturated heterocycles. The highest BCUT2D eigenvalue weighted by atomic mass is 35.5. The summed E-state index contributed by atoms with van der Waals surface area (Å²) in [5.41, 5.74) is 2.19. The van der Waals surface area contributed by atoms with Crippen LogP contribution >= 0.6 is 11.6 Å². The molecule has 4 rings (SSSR count). The van der Waals surface area contributed by atoms with Crippen LogP contribution in [0.25, 0.3) is 11.1 Å². The Balaban J connectivity index is 1.57. The average Bonchev–Trinajstić information content (AvgIpc) is 2.84. The summed E-state index contributed by atoms with van der Waals surface area (Å²) in [5.74, 6) is -0.594. The lowest BCUT2D eigenvalue weighted by atomic mass is 9.94. The number of benzene rings is 2. The highest BCUT2D eigenvalue weighted by Crippen LogP contribution is 2.34. The van der Waals surface area contributed by atoms with Crippen molar-refractivity contribution in [3.63, 3.8) is 0 Å². The van der Waals surface area contributed by atoms with Gasteiger partial charge in [0.2, 0.25) is 5.91 Å². The first-order valence-corrected chi connectivity index (χ1v) is 8.14. The summed E-state index contributed by atoms with van der Waals surface area (Å²) in [6, 6.07) is 14.7. The molecule has 2 aromatic carbocycles. The quantitative estimate of drug-likeness (QED) is 0.734. The number of carbonyl (C=O) groups excluding carboxylic acids is 1. The molecule has 0 saturated carbocycles. The van der Waals surface area contributed by atoms with Crippen LogP contribution in [0.5, 0.6) is 0 Å². The smallest absolute Gasteiger partial charge is 0.408 e. The predicted octanol–water partition coefficient (Wildman–Crippen LogP) is 3.22. The van der Waals surface area contributed by atoms with E-state index in [2.05, 4.69) is 0 Å². The Hall–Kier alpha value is -2.53. The van der Waals surface area contributed by atoms with E-state index in [9.17, 15) is 9.59 Å².